The van der Waals surface area contributed by atoms with E-state index in [1.54, 1.807) is 12.1 Å². The number of ether oxygens (including phenoxy) is 1. The molecule has 2 aromatic rings. The van der Waals surface area contributed by atoms with Gasteiger partial charge in [-0.3, -0.25) is 4.79 Å². The Bertz CT molecular complexity index is 587. The Morgan fingerprint density at radius 2 is 1.77 bits per heavy atom. The highest BCUT2D eigenvalue weighted by Gasteiger charge is 2.12. The fourth-order valence-electron chi connectivity index (χ4n) is 1.78. The highest BCUT2D eigenvalue weighted by molar-refractivity contribution is 8.00. The Hall–Kier alpha value is -1.98. The van der Waals surface area contributed by atoms with Crippen molar-refractivity contribution < 1.29 is 14.6 Å². The summed E-state index contributed by atoms with van der Waals surface area (Å²) in [5, 5.41) is 11.4. The van der Waals surface area contributed by atoms with E-state index < -0.39 is 0 Å². The first-order chi connectivity index (χ1) is 10.7. The zero-order chi connectivity index (χ0) is 15.8. The summed E-state index contributed by atoms with van der Waals surface area (Å²) in [4.78, 5) is 11.9. The molecule has 0 heterocycles. The molecule has 1 atom stereocenters. The number of hydrogen-bond acceptors (Lipinski definition) is 4. The van der Waals surface area contributed by atoms with E-state index in [-0.39, 0.29) is 17.8 Å². The number of anilines is 1. The van der Waals surface area contributed by atoms with Crippen molar-refractivity contribution in [2.24, 2.45) is 0 Å². The number of carbonyl (C=O) groups is 1. The van der Waals surface area contributed by atoms with Crippen molar-refractivity contribution in [1.29, 1.82) is 0 Å². The average molecular weight is 317 g/mol. The Kier molecular flexibility index (Phi) is 6.30. The molecule has 0 spiro atoms. The number of aliphatic hydroxyl groups excluding tert-OH is 1. The summed E-state index contributed by atoms with van der Waals surface area (Å²) in [5.74, 6) is 1.97. The van der Waals surface area contributed by atoms with E-state index in [9.17, 15) is 4.79 Å². The number of hydrogen-bond donors (Lipinski definition) is 2. The number of nitrogens with one attached hydrogen (secondary N) is 1. The third-order valence-electron chi connectivity index (χ3n) is 2.93. The first kappa shape index (κ1) is 16.4. The standard InChI is InChI=1S/C17H19NO3S/c1-13(22-12-11-19)17(20)18-14-7-9-16(10-8-14)21-15-5-3-2-4-6-15/h2-10,13,19H,11-12H2,1H3,(H,18,20)/t13-/m1/s1. The summed E-state index contributed by atoms with van der Waals surface area (Å²) in [6.07, 6.45) is 0. The fraction of sp³-hybridized carbons (Fsp3) is 0.235. The third-order valence-corrected chi connectivity index (χ3v) is 4.06. The lowest BCUT2D eigenvalue weighted by Crippen LogP contribution is -2.23. The SMILES string of the molecule is C[C@@H](SCCO)C(=O)Nc1ccc(Oc2ccccc2)cc1. The van der Waals surface area contributed by atoms with Gasteiger partial charge in [-0.1, -0.05) is 18.2 Å². The van der Waals surface area contributed by atoms with Crippen molar-refractivity contribution in [3.63, 3.8) is 0 Å². The van der Waals surface area contributed by atoms with Crippen LogP contribution in [0.4, 0.5) is 5.69 Å². The number of aliphatic hydroxyl groups is 1. The zero-order valence-corrected chi connectivity index (χ0v) is 13.2. The molecule has 2 aromatic carbocycles. The molecule has 0 radical (unpaired) electrons. The van der Waals surface area contributed by atoms with Gasteiger partial charge in [0.15, 0.2) is 0 Å². The van der Waals surface area contributed by atoms with Crippen molar-refractivity contribution in [1.82, 2.24) is 0 Å². The molecule has 0 aliphatic rings. The van der Waals surface area contributed by atoms with E-state index >= 15 is 0 Å². The monoisotopic (exact) mass is 317 g/mol. The molecule has 0 saturated carbocycles. The number of benzene rings is 2. The van der Waals surface area contributed by atoms with Crippen LogP contribution in [0.25, 0.3) is 0 Å². The second kappa shape index (κ2) is 8.46. The van der Waals surface area contributed by atoms with Gasteiger partial charge >= 0.3 is 0 Å². The van der Waals surface area contributed by atoms with Gasteiger partial charge in [0.1, 0.15) is 11.5 Å². The van der Waals surface area contributed by atoms with Gasteiger partial charge in [0.2, 0.25) is 5.91 Å². The summed E-state index contributed by atoms with van der Waals surface area (Å²) in [6.45, 7) is 1.90. The second-order valence-corrected chi connectivity index (χ2v) is 6.11. The predicted molar refractivity (Wildman–Crippen MR) is 90.6 cm³/mol. The second-order valence-electron chi connectivity index (χ2n) is 4.67. The first-order valence-electron chi connectivity index (χ1n) is 7.05. The van der Waals surface area contributed by atoms with E-state index in [4.69, 9.17) is 9.84 Å². The fourth-order valence-corrected chi connectivity index (χ4v) is 2.45. The Labute approximate surface area is 134 Å². The molecular formula is C17H19NO3S. The lowest BCUT2D eigenvalue weighted by molar-refractivity contribution is -0.115. The molecule has 0 fully saturated rings. The molecule has 0 aliphatic carbocycles. The largest absolute Gasteiger partial charge is 0.457 e. The van der Waals surface area contributed by atoms with Crippen molar-refractivity contribution in [2.75, 3.05) is 17.7 Å². The number of rotatable bonds is 7. The van der Waals surface area contributed by atoms with Gasteiger partial charge in [-0.15, -0.1) is 11.8 Å². The van der Waals surface area contributed by atoms with Crippen LogP contribution >= 0.6 is 11.8 Å². The molecule has 1 amide bonds. The van der Waals surface area contributed by atoms with Crippen molar-refractivity contribution in [3.8, 4) is 11.5 Å². The van der Waals surface area contributed by atoms with Gasteiger partial charge in [0, 0.05) is 11.4 Å². The lowest BCUT2D eigenvalue weighted by atomic mass is 10.3. The van der Waals surface area contributed by atoms with Gasteiger partial charge in [-0.05, 0) is 43.3 Å². The molecule has 0 bridgehead atoms. The van der Waals surface area contributed by atoms with Crippen LogP contribution in [0.15, 0.2) is 54.6 Å². The highest BCUT2D eigenvalue weighted by atomic mass is 32.2. The van der Waals surface area contributed by atoms with Gasteiger partial charge in [0.05, 0.1) is 11.9 Å². The number of carbonyl (C=O) groups excluding carboxylic acids is 1. The maximum absolute atomic E-state index is 11.9. The number of amides is 1. The molecule has 0 aliphatic heterocycles. The van der Waals surface area contributed by atoms with Crippen LogP contribution < -0.4 is 10.1 Å². The Morgan fingerprint density at radius 1 is 1.14 bits per heavy atom. The quantitative estimate of drug-likeness (QED) is 0.820. The van der Waals surface area contributed by atoms with Crippen molar-refractivity contribution in [3.05, 3.63) is 54.6 Å². The Morgan fingerprint density at radius 3 is 2.41 bits per heavy atom. The molecule has 0 aromatic heterocycles. The van der Waals surface area contributed by atoms with Crippen LogP contribution in [0, 0.1) is 0 Å². The smallest absolute Gasteiger partial charge is 0.237 e. The summed E-state index contributed by atoms with van der Waals surface area (Å²) in [6, 6.07) is 16.8. The zero-order valence-electron chi connectivity index (χ0n) is 12.4. The first-order valence-corrected chi connectivity index (χ1v) is 8.10. The van der Waals surface area contributed by atoms with Gasteiger partial charge in [-0.2, -0.15) is 0 Å². The summed E-state index contributed by atoms with van der Waals surface area (Å²) < 4.78 is 5.69. The van der Waals surface area contributed by atoms with Crippen LogP contribution in [-0.4, -0.2) is 28.6 Å². The van der Waals surface area contributed by atoms with Crippen LogP contribution in [0.3, 0.4) is 0 Å². The Balaban J connectivity index is 1.90. The molecule has 2 N–H and O–H groups in total. The van der Waals surface area contributed by atoms with E-state index in [2.05, 4.69) is 5.32 Å². The molecule has 116 valence electrons. The van der Waals surface area contributed by atoms with E-state index in [0.29, 0.717) is 11.5 Å². The van der Waals surface area contributed by atoms with Crippen molar-refractivity contribution in [2.45, 2.75) is 12.2 Å². The number of para-hydroxylation sites is 1. The van der Waals surface area contributed by atoms with Gasteiger partial charge < -0.3 is 15.2 Å². The summed E-state index contributed by atoms with van der Waals surface area (Å²) in [7, 11) is 0. The van der Waals surface area contributed by atoms with Gasteiger partial charge in [-0.25, -0.2) is 0 Å². The summed E-state index contributed by atoms with van der Waals surface area (Å²) in [5.41, 5.74) is 0.724. The van der Waals surface area contributed by atoms with E-state index in [1.165, 1.54) is 11.8 Å². The van der Waals surface area contributed by atoms with Crippen LogP contribution in [0.5, 0.6) is 11.5 Å². The average Bonchev–Trinajstić information content (AvgIpc) is 2.55. The van der Waals surface area contributed by atoms with Gasteiger partial charge in [0.25, 0.3) is 0 Å². The molecule has 0 saturated heterocycles. The molecule has 4 nitrogen and oxygen atoms in total. The number of thioether (sulfide) groups is 1. The molecule has 2 rings (SSSR count). The van der Waals surface area contributed by atoms with Crippen LogP contribution in [-0.2, 0) is 4.79 Å². The van der Waals surface area contributed by atoms with Crippen LogP contribution in [0.2, 0.25) is 0 Å². The lowest BCUT2D eigenvalue weighted by Gasteiger charge is -2.12. The highest BCUT2D eigenvalue weighted by Crippen LogP contribution is 2.23. The summed E-state index contributed by atoms with van der Waals surface area (Å²) >= 11 is 1.42. The molecule has 0 unspecified atom stereocenters. The maximum Gasteiger partial charge on any atom is 0.237 e. The molecule has 22 heavy (non-hydrogen) atoms. The third kappa shape index (κ3) is 5.09. The molecule has 5 heteroatoms. The topological polar surface area (TPSA) is 58.6 Å². The minimum Gasteiger partial charge on any atom is -0.457 e. The normalized spacial score (nSPS) is 11.7. The maximum atomic E-state index is 11.9. The van der Waals surface area contributed by atoms with E-state index in [0.717, 1.165) is 11.4 Å². The molecular weight excluding hydrogens is 298 g/mol. The van der Waals surface area contributed by atoms with Crippen molar-refractivity contribution >= 4 is 23.4 Å². The minimum absolute atomic E-state index is 0.0739. The van der Waals surface area contributed by atoms with E-state index in [1.807, 2.05) is 49.4 Å². The predicted octanol–water partition coefficient (Wildman–Crippen LogP) is 3.53. The van der Waals surface area contributed by atoms with Crippen LogP contribution in [0.1, 0.15) is 6.92 Å². The minimum atomic E-state index is -0.201.